The molecule has 0 bridgehead atoms. The van der Waals surface area contributed by atoms with Gasteiger partial charge in [0.2, 0.25) is 5.91 Å². The van der Waals surface area contributed by atoms with Gasteiger partial charge in [0.25, 0.3) is 0 Å². The molecule has 88 valence electrons. The van der Waals surface area contributed by atoms with Gasteiger partial charge in [-0.15, -0.1) is 0 Å². The van der Waals surface area contributed by atoms with E-state index in [1.807, 2.05) is 11.6 Å². The summed E-state index contributed by atoms with van der Waals surface area (Å²) in [6.07, 6.45) is 1.57. The Morgan fingerprint density at radius 1 is 1.50 bits per heavy atom. The average Bonchev–Trinajstić information content (AvgIpc) is 2.73. The number of carbonyl (C=O) groups is 1. The average molecular weight is 223 g/mol. The molecule has 0 saturated heterocycles. The second-order valence-corrected chi connectivity index (χ2v) is 4.28. The van der Waals surface area contributed by atoms with E-state index in [-0.39, 0.29) is 11.9 Å². The van der Waals surface area contributed by atoms with Gasteiger partial charge in [-0.3, -0.25) is 9.69 Å². The van der Waals surface area contributed by atoms with E-state index in [0.717, 1.165) is 18.9 Å². The second-order valence-electron chi connectivity index (χ2n) is 4.28. The van der Waals surface area contributed by atoms with Crippen molar-refractivity contribution in [1.82, 2.24) is 24.6 Å². The van der Waals surface area contributed by atoms with Crippen molar-refractivity contribution in [1.29, 1.82) is 0 Å². The van der Waals surface area contributed by atoms with Crippen LogP contribution < -0.4 is 0 Å². The number of aromatic nitrogens is 3. The Hall–Kier alpha value is -1.43. The summed E-state index contributed by atoms with van der Waals surface area (Å²) < 4.78 is 1.89. The van der Waals surface area contributed by atoms with E-state index in [1.54, 1.807) is 25.3 Å². The van der Waals surface area contributed by atoms with Gasteiger partial charge in [0, 0.05) is 20.6 Å². The molecular weight excluding hydrogens is 206 g/mol. The van der Waals surface area contributed by atoms with E-state index >= 15 is 0 Å². The molecule has 0 radical (unpaired) electrons. The van der Waals surface area contributed by atoms with Crippen molar-refractivity contribution in [3.63, 3.8) is 0 Å². The lowest BCUT2D eigenvalue weighted by Gasteiger charge is -2.32. The van der Waals surface area contributed by atoms with Crippen molar-refractivity contribution < 1.29 is 4.79 Å². The maximum atomic E-state index is 11.8. The van der Waals surface area contributed by atoms with Crippen LogP contribution in [-0.4, -0.2) is 57.2 Å². The van der Waals surface area contributed by atoms with Gasteiger partial charge in [-0.1, -0.05) is 0 Å². The van der Waals surface area contributed by atoms with Crippen LogP contribution in [0.5, 0.6) is 0 Å². The lowest BCUT2D eigenvalue weighted by atomic mass is 10.2. The SMILES string of the molecule is CC(C(=O)N(C)C)N1CCn2ncnc2C1. The molecule has 0 saturated carbocycles. The largest absolute Gasteiger partial charge is 0.347 e. The first-order valence-electron chi connectivity index (χ1n) is 5.41. The van der Waals surface area contributed by atoms with Gasteiger partial charge in [0.15, 0.2) is 0 Å². The van der Waals surface area contributed by atoms with Crippen LogP contribution in [0.3, 0.4) is 0 Å². The molecule has 2 rings (SSSR count). The van der Waals surface area contributed by atoms with Crippen molar-refractivity contribution in [3.05, 3.63) is 12.2 Å². The molecule has 2 heterocycles. The zero-order chi connectivity index (χ0) is 11.7. The molecule has 16 heavy (non-hydrogen) atoms. The first-order chi connectivity index (χ1) is 7.59. The van der Waals surface area contributed by atoms with Crippen LogP contribution in [0.4, 0.5) is 0 Å². The summed E-state index contributed by atoms with van der Waals surface area (Å²) in [5.41, 5.74) is 0. The van der Waals surface area contributed by atoms with Gasteiger partial charge in [0.05, 0.1) is 19.1 Å². The van der Waals surface area contributed by atoms with Gasteiger partial charge >= 0.3 is 0 Å². The van der Waals surface area contributed by atoms with E-state index in [2.05, 4.69) is 15.0 Å². The van der Waals surface area contributed by atoms with Crippen molar-refractivity contribution in [2.24, 2.45) is 0 Å². The number of hydrogen-bond acceptors (Lipinski definition) is 4. The zero-order valence-electron chi connectivity index (χ0n) is 9.92. The number of rotatable bonds is 2. The maximum absolute atomic E-state index is 11.8. The molecule has 1 aromatic rings. The second kappa shape index (κ2) is 4.21. The van der Waals surface area contributed by atoms with Gasteiger partial charge in [0.1, 0.15) is 12.2 Å². The van der Waals surface area contributed by atoms with Crippen LogP contribution in [0, 0.1) is 0 Å². The number of hydrogen-bond donors (Lipinski definition) is 0. The molecule has 0 spiro atoms. The van der Waals surface area contributed by atoms with Crippen LogP contribution in [0.25, 0.3) is 0 Å². The molecule has 1 atom stereocenters. The third-order valence-corrected chi connectivity index (χ3v) is 2.99. The van der Waals surface area contributed by atoms with Crippen molar-refractivity contribution >= 4 is 5.91 Å². The maximum Gasteiger partial charge on any atom is 0.239 e. The lowest BCUT2D eigenvalue weighted by molar-refractivity contribution is -0.134. The molecule has 0 aromatic carbocycles. The Balaban J connectivity index is 2.06. The lowest BCUT2D eigenvalue weighted by Crippen LogP contribution is -2.47. The first kappa shape index (κ1) is 11.1. The third kappa shape index (κ3) is 1.92. The molecule has 0 N–H and O–H groups in total. The molecule has 1 aliphatic rings. The highest BCUT2D eigenvalue weighted by atomic mass is 16.2. The fourth-order valence-corrected chi connectivity index (χ4v) is 1.94. The van der Waals surface area contributed by atoms with Crippen molar-refractivity contribution in [2.75, 3.05) is 20.6 Å². The van der Waals surface area contributed by atoms with E-state index in [4.69, 9.17) is 0 Å². The van der Waals surface area contributed by atoms with E-state index in [9.17, 15) is 4.79 Å². The van der Waals surface area contributed by atoms with Crippen LogP contribution in [0.15, 0.2) is 6.33 Å². The molecule has 1 amide bonds. The van der Waals surface area contributed by atoms with Crippen LogP contribution in [-0.2, 0) is 17.9 Å². The number of nitrogens with zero attached hydrogens (tertiary/aromatic N) is 5. The predicted octanol–water partition coefficient (Wildman–Crippen LogP) is -0.430. The summed E-state index contributed by atoms with van der Waals surface area (Å²) in [6, 6.07) is -0.0968. The van der Waals surface area contributed by atoms with Crippen molar-refractivity contribution in [2.45, 2.75) is 26.1 Å². The van der Waals surface area contributed by atoms with Gasteiger partial charge in [-0.05, 0) is 6.92 Å². The summed E-state index contributed by atoms with van der Waals surface area (Å²) in [7, 11) is 3.57. The van der Waals surface area contributed by atoms with E-state index in [0.29, 0.717) is 6.54 Å². The quantitative estimate of drug-likeness (QED) is 0.682. The highest BCUT2D eigenvalue weighted by Gasteiger charge is 2.26. The molecule has 1 unspecified atom stereocenters. The Bertz CT molecular complexity index is 386. The van der Waals surface area contributed by atoms with Gasteiger partial charge in [-0.25, -0.2) is 9.67 Å². The summed E-state index contributed by atoms with van der Waals surface area (Å²) in [5, 5.41) is 4.11. The van der Waals surface area contributed by atoms with Crippen LogP contribution >= 0.6 is 0 Å². The summed E-state index contributed by atoms with van der Waals surface area (Å²) >= 11 is 0. The standard InChI is InChI=1S/C10H17N5O/c1-8(10(16)13(2)3)14-4-5-15-9(6-14)11-7-12-15/h7-8H,4-6H2,1-3H3. The Morgan fingerprint density at radius 3 is 2.94 bits per heavy atom. The minimum Gasteiger partial charge on any atom is -0.347 e. The molecule has 1 aliphatic heterocycles. The van der Waals surface area contributed by atoms with Gasteiger partial charge < -0.3 is 4.90 Å². The monoisotopic (exact) mass is 223 g/mol. The first-order valence-corrected chi connectivity index (χ1v) is 5.41. The fraction of sp³-hybridized carbons (Fsp3) is 0.700. The number of amides is 1. The van der Waals surface area contributed by atoms with Gasteiger partial charge in [-0.2, -0.15) is 5.10 Å². The fourth-order valence-electron chi connectivity index (χ4n) is 1.94. The minimum absolute atomic E-state index is 0.0968. The molecule has 1 aromatic heterocycles. The molecule has 6 nitrogen and oxygen atoms in total. The summed E-state index contributed by atoms with van der Waals surface area (Å²) in [5.74, 6) is 1.07. The van der Waals surface area contributed by atoms with Crippen LogP contribution in [0.2, 0.25) is 0 Å². The molecule has 6 heteroatoms. The Morgan fingerprint density at radius 2 is 2.25 bits per heavy atom. The number of fused-ring (bicyclic) bond motifs is 1. The van der Waals surface area contributed by atoms with Crippen molar-refractivity contribution in [3.8, 4) is 0 Å². The predicted molar refractivity (Wildman–Crippen MR) is 58.6 cm³/mol. The molecular formula is C10H17N5O. The molecule has 0 fully saturated rings. The normalized spacial score (nSPS) is 17.9. The highest BCUT2D eigenvalue weighted by molar-refractivity contribution is 5.80. The van der Waals surface area contributed by atoms with E-state index in [1.165, 1.54) is 0 Å². The number of likely N-dealkylation sites (N-methyl/N-ethyl adjacent to an activating group) is 1. The highest BCUT2D eigenvalue weighted by Crippen LogP contribution is 2.12. The Labute approximate surface area is 94.9 Å². The van der Waals surface area contributed by atoms with Crippen LogP contribution in [0.1, 0.15) is 12.7 Å². The zero-order valence-corrected chi connectivity index (χ0v) is 9.92. The Kier molecular flexibility index (Phi) is 2.91. The summed E-state index contributed by atoms with van der Waals surface area (Å²) in [4.78, 5) is 19.8. The topological polar surface area (TPSA) is 54.3 Å². The third-order valence-electron chi connectivity index (χ3n) is 2.99. The number of carbonyl (C=O) groups excluding carboxylic acids is 1. The molecule has 0 aliphatic carbocycles. The summed E-state index contributed by atoms with van der Waals surface area (Å²) in [6.45, 7) is 4.28. The minimum atomic E-state index is -0.0968. The smallest absolute Gasteiger partial charge is 0.239 e. The van der Waals surface area contributed by atoms with E-state index < -0.39 is 0 Å².